The number of hydrogen-bond donors (Lipinski definition) is 0. The number of halogens is 2. The largest absolute Gasteiger partial charge is 0.298 e. The maximum atomic E-state index is 14.5. The summed E-state index contributed by atoms with van der Waals surface area (Å²) in [6.07, 6.45) is 2.26. The van der Waals surface area contributed by atoms with E-state index in [-0.39, 0.29) is 16.9 Å². The van der Waals surface area contributed by atoms with Gasteiger partial charge in [0.25, 0.3) is 0 Å². The van der Waals surface area contributed by atoms with E-state index in [0.29, 0.717) is 33.7 Å². The molecule has 1 fully saturated rings. The zero-order valence-corrected chi connectivity index (χ0v) is 15.3. The Kier molecular flexibility index (Phi) is 4.78. The Bertz CT molecular complexity index is 975. The van der Waals surface area contributed by atoms with Gasteiger partial charge in [0.2, 0.25) is 0 Å². The standard InChI is InChI=1S/C19H15ClFN3OS/c20-13-7-2-1-6-12(13)18-22-23-19(26-17-11-5-10-16(17)25)24(18)15-9-4-3-8-14(15)21/h1-4,6-9,17H,5,10-11H2/t17-/m1/s1. The molecule has 0 bridgehead atoms. The van der Waals surface area contributed by atoms with Crippen LogP contribution >= 0.6 is 23.4 Å². The molecular formula is C19H15ClFN3OS. The van der Waals surface area contributed by atoms with Gasteiger partial charge in [-0.15, -0.1) is 10.2 Å². The molecule has 132 valence electrons. The van der Waals surface area contributed by atoms with E-state index in [1.54, 1.807) is 28.8 Å². The van der Waals surface area contributed by atoms with Crippen LogP contribution in [-0.2, 0) is 4.79 Å². The predicted molar refractivity (Wildman–Crippen MR) is 100 cm³/mol. The Morgan fingerprint density at radius 2 is 1.88 bits per heavy atom. The summed E-state index contributed by atoms with van der Waals surface area (Å²) < 4.78 is 16.2. The SMILES string of the molecule is O=C1CCC[C@H]1Sc1nnc(-c2ccccc2Cl)n1-c1ccccc1F. The van der Waals surface area contributed by atoms with Gasteiger partial charge in [-0.1, -0.05) is 47.6 Å². The fourth-order valence-electron chi connectivity index (χ4n) is 3.05. The molecule has 1 aliphatic rings. The topological polar surface area (TPSA) is 47.8 Å². The molecule has 1 atom stereocenters. The molecule has 1 saturated carbocycles. The molecule has 7 heteroatoms. The van der Waals surface area contributed by atoms with Crippen molar-refractivity contribution in [1.29, 1.82) is 0 Å². The number of rotatable bonds is 4. The Labute approximate surface area is 159 Å². The maximum Gasteiger partial charge on any atom is 0.196 e. The summed E-state index contributed by atoms with van der Waals surface area (Å²) in [4.78, 5) is 12.1. The summed E-state index contributed by atoms with van der Waals surface area (Å²) in [6, 6.07) is 13.7. The third kappa shape index (κ3) is 3.15. The fourth-order valence-corrected chi connectivity index (χ4v) is 4.44. The first-order chi connectivity index (χ1) is 12.6. The lowest BCUT2D eigenvalue weighted by molar-refractivity contribution is -0.116. The van der Waals surface area contributed by atoms with Gasteiger partial charge >= 0.3 is 0 Å². The van der Waals surface area contributed by atoms with Crippen LogP contribution in [0.15, 0.2) is 53.7 Å². The van der Waals surface area contributed by atoms with Gasteiger partial charge < -0.3 is 0 Å². The zero-order chi connectivity index (χ0) is 18.1. The number of carbonyl (C=O) groups excluding carboxylic acids is 1. The minimum Gasteiger partial charge on any atom is -0.298 e. The van der Waals surface area contributed by atoms with Crippen LogP contribution in [0.25, 0.3) is 17.1 Å². The number of aromatic nitrogens is 3. The van der Waals surface area contributed by atoms with Gasteiger partial charge in [0.1, 0.15) is 11.6 Å². The fraction of sp³-hybridized carbons (Fsp3) is 0.211. The second-order valence-corrected chi connectivity index (χ2v) is 7.61. The molecule has 1 aliphatic carbocycles. The van der Waals surface area contributed by atoms with E-state index >= 15 is 0 Å². The van der Waals surface area contributed by atoms with Crippen molar-refractivity contribution in [3.63, 3.8) is 0 Å². The van der Waals surface area contributed by atoms with Crippen molar-refractivity contribution in [3.8, 4) is 17.1 Å². The molecular weight excluding hydrogens is 373 g/mol. The molecule has 0 amide bonds. The van der Waals surface area contributed by atoms with Crippen molar-refractivity contribution in [2.75, 3.05) is 0 Å². The Morgan fingerprint density at radius 1 is 1.12 bits per heavy atom. The molecule has 2 aromatic carbocycles. The number of Topliss-reactive ketones (excluding diaryl/α,β-unsaturated/α-hetero) is 1. The number of para-hydroxylation sites is 1. The van der Waals surface area contributed by atoms with E-state index in [1.807, 2.05) is 18.2 Å². The second kappa shape index (κ2) is 7.21. The van der Waals surface area contributed by atoms with Gasteiger partial charge in [-0.05, 0) is 37.1 Å². The third-order valence-electron chi connectivity index (χ3n) is 4.34. The Morgan fingerprint density at radius 3 is 2.62 bits per heavy atom. The summed E-state index contributed by atoms with van der Waals surface area (Å²) in [5.74, 6) is 0.270. The number of hydrogen-bond acceptors (Lipinski definition) is 4. The number of ketones is 1. The molecule has 0 spiro atoms. The van der Waals surface area contributed by atoms with E-state index in [1.165, 1.54) is 17.8 Å². The molecule has 1 aromatic heterocycles. The van der Waals surface area contributed by atoms with Gasteiger partial charge in [0, 0.05) is 12.0 Å². The van der Waals surface area contributed by atoms with Gasteiger partial charge in [0.05, 0.1) is 16.0 Å². The minimum atomic E-state index is -0.389. The first kappa shape index (κ1) is 17.2. The summed E-state index contributed by atoms with van der Waals surface area (Å²) in [5.41, 5.74) is 0.995. The quantitative estimate of drug-likeness (QED) is 0.636. The normalized spacial score (nSPS) is 17.0. The smallest absolute Gasteiger partial charge is 0.196 e. The van der Waals surface area contributed by atoms with Crippen LogP contribution in [0.4, 0.5) is 4.39 Å². The molecule has 0 aliphatic heterocycles. The van der Waals surface area contributed by atoms with E-state index in [2.05, 4.69) is 10.2 Å². The van der Waals surface area contributed by atoms with Crippen molar-refractivity contribution in [1.82, 2.24) is 14.8 Å². The lowest BCUT2D eigenvalue weighted by Gasteiger charge is -2.13. The molecule has 3 aromatic rings. The molecule has 0 unspecified atom stereocenters. The van der Waals surface area contributed by atoms with Crippen molar-refractivity contribution in [2.24, 2.45) is 0 Å². The summed E-state index contributed by atoms with van der Waals surface area (Å²) in [7, 11) is 0. The highest BCUT2D eigenvalue weighted by molar-refractivity contribution is 8.00. The van der Waals surface area contributed by atoms with Crippen LogP contribution in [0.3, 0.4) is 0 Å². The van der Waals surface area contributed by atoms with Crippen molar-refractivity contribution in [3.05, 3.63) is 59.4 Å². The molecule has 4 rings (SSSR count). The minimum absolute atomic E-state index is 0.163. The van der Waals surface area contributed by atoms with Gasteiger partial charge in [-0.25, -0.2) is 4.39 Å². The second-order valence-electron chi connectivity index (χ2n) is 6.04. The molecule has 1 heterocycles. The highest BCUT2D eigenvalue weighted by atomic mass is 35.5. The zero-order valence-electron chi connectivity index (χ0n) is 13.7. The lowest BCUT2D eigenvalue weighted by Crippen LogP contribution is -2.10. The first-order valence-corrected chi connectivity index (χ1v) is 9.55. The summed E-state index contributed by atoms with van der Waals surface area (Å²) >= 11 is 7.67. The number of benzene rings is 2. The molecule has 0 saturated heterocycles. The van der Waals surface area contributed by atoms with E-state index in [4.69, 9.17) is 11.6 Å². The third-order valence-corrected chi connectivity index (χ3v) is 5.93. The predicted octanol–water partition coefficient (Wildman–Crippen LogP) is 4.94. The van der Waals surface area contributed by atoms with Crippen molar-refractivity contribution in [2.45, 2.75) is 29.7 Å². The molecule has 26 heavy (non-hydrogen) atoms. The molecule has 4 nitrogen and oxygen atoms in total. The van der Waals surface area contributed by atoms with Crippen LogP contribution in [0.5, 0.6) is 0 Å². The summed E-state index contributed by atoms with van der Waals surface area (Å²) in [6.45, 7) is 0. The van der Waals surface area contributed by atoms with Crippen LogP contribution in [-0.4, -0.2) is 25.8 Å². The van der Waals surface area contributed by atoms with E-state index in [9.17, 15) is 9.18 Å². The Balaban J connectivity index is 1.86. The van der Waals surface area contributed by atoms with E-state index < -0.39 is 0 Å². The number of carbonyl (C=O) groups is 1. The van der Waals surface area contributed by atoms with Crippen molar-refractivity contribution < 1.29 is 9.18 Å². The Hall–Kier alpha value is -2.18. The van der Waals surface area contributed by atoms with Crippen molar-refractivity contribution >= 4 is 29.1 Å². The van der Waals surface area contributed by atoms with E-state index in [0.717, 1.165) is 12.8 Å². The molecule has 0 radical (unpaired) electrons. The van der Waals surface area contributed by atoms with Gasteiger partial charge in [0.15, 0.2) is 11.0 Å². The average Bonchev–Trinajstić information content (AvgIpc) is 3.23. The maximum absolute atomic E-state index is 14.5. The highest BCUT2D eigenvalue weighted by Crippen LogP contribution is 2.36. The van der Waals surface area contributed by atoms with Gasteiger partial charge in [-0.3, -0.25) is 9.36 Å². The lowest BCUT2D eigenvalue weighted by atomic mass is 10.2. The summed E-state index contributed by atoms with van der Waals surface area (Å²) in [5, 5.41) is 9.34. The molecule has 0 N–H and O–H groups in total. The van der Waals surface area contributed by atoms with Crippen LogP contribution in [0.2, 0.25) is 5.02 Å². The van der Waals surface area contributed by atoms with Crippen LogP contribution < -0.4 is 0 Å². The van der Waals surface area contributed by atoms with Gasteiger partial charge in [-0.2, -0.15) is 0 Å². The monoisotopic (exact) mass is 387 g/mol. The number of thioether (sulfide) groups is 1. The number of nitrogens with zero attached hydrogens (tertiary/aromatic N) is 3. The van der Waals surface area contributed by atoms with Crippen LogP contribution in [0, 0.1) is 5.82 Å². The van der Waals surface area contributed by atoms with Crippen LogP contribution in [0.1, 0.15) is 19.3 Å². The average molecular weight is 388 g/mol. The first-order valence-electron chi connectivity index (χ1n) is 8.30. The highest BCUT2D eigenvalue weighted by Gasteiger charge is 2.29.